The molecule has 2 heterocycles. The summed E-state index contributed by atoms with van der Waals surface area (Å²) in [7, 11) is 0. The Hall–Kier alpha value is -2.89. The van der Waals surface area contributed by atoms with Gasteiger partial charge in [-0.15, -0.1) is 0 Å². The third kappa shape index (κ3) is 5.81. The van der Waals surface area contributed by atoms with Gasteiger partial charge in [-0.25, -0.2) is 13.3 Å². The summed E-state index contributed by atoms with van der Waals surface area (Å²) >= 11 is 0. The fourth-order valence-electron chi connectivity index (χ4n) is 2.73. The molecule has 0 saturated carbocycles. The molecule has 164 valence electrons. The molecular weight excluding hydrogens is 417 g/mol. The molecule has 7 nitrogen and oxygen atoms in total. The summed E-state index contributed by atoms with van der Waals surface area (Å²) in [5, 5.41) is 0. The van der Waals surface area contributed by atoms with E-state index in [-0.39, 0.29) is 23.3 Å². The van der Waals surface area contributed by atoms with Crippen LogP contribution in [0.1, 0.15) is 0 Å². The van der Waals surface area contributed by atoms with Crippen LogP contribution in [0.3, 0.4) is 0 Å². The summed E-state index contributed by atoms with van der Waals surface area (Å²) in [6.07, 6.45) is -7.29. The van der Waals surface area contributed by atoms with Crippen molar-refractivity contribution >= 4 is 5.82 Å². The lowest BCUT2D eigenvalue weighted by atomic mass is 10.3. The number of benzene rings is 1. The van der Waals surface area contributed by atoms with Crippen LogP contribution in [0.4, 0.5) is 27.8 Å². The quantitative estimate of drug-likeness (QED) is 0.624. The highest BCUT2D eigenvalue weighted by atomic mass is 19.4. The summed E-state index contributed by atoms with van der Waals surface area (Å²) in [4.78, 5) is 18.7. The van der Waals surface area contributed by atoms with E-state index in [9.17, 15) is 26.7 Å². The van der Waals surface area contributed by atoms with E-state index >= 15 is 0 Å². The molecule has 0 radical (unpaired) electrons. The summed E-state index contributed by atoms with van der Waals surface area (Å²) < 4.78 is 78.0. The van der Waals surface area contributed by atoms with Crippen molar-refractivity contribution in [2.75, 3.05) is 44.4 Å². The number of aromatic nitrogens is 2. The van der Waals surface area contributed by atoms with E-state index in [2.05, 4.69) is 9.72 Å². The number of rotatable bonds is 7. The Balaban J connectivity index is 1.90. The zero-order valence-electron chi connectivity index (χ0n) is 15.6. The summed E-state index contributed by atoms with van der Waals surface area (Å²) in [5.41, 5.74) is -0.427. The first-order valence-electron chi connectivity index (χ1n) is 8.91. The Bertz CT molecular complexity index is 896. The van der Waals surface area contributed by atoms with Gasteiger partial charge in [-0.05, 0) is 24.3 Å². The van der Waals surface area contributed by atoms with E-state index in [4.69, 9.17) is 9.47 Å². The van der Waals surface area contributed by atoms with Gasteiger partial charge in [-0.3, -0.25) is 4.79 Å². The van der Waals surface area contributed by atoms with Crippen LogP contribution >= 0.6 is 0 Å². The lowest BCUT2D eigenvalue weighted by molar-refractivity contribution is -0.153. The second-order valence-corrected chi connectivity index (χ2v) is 6.27. The zero-order chi connectivity index (χ0) is 21.7. The van der Waals surface area contributed by atoms with Crippen LogP contribution in [-0.4, -0.2) is 61.7 Å². The van der Waals surface area contributed by atoms with E-state index in [0.717, 1.165) is 4.57 Å². The molecule has 30 heavy (non-hydrogen) atoms. The Morgan fingerprint density at radius 3 is 2.37 bits per heavy atom. The molecule has 1 saturated heterocycles. The predicted molar refractivity (Wildman–Crippen MR) is 95.9 cm³/mol. The molecule has 3 rings (SSSR count). The molecule has 1 fully saturated rings. The molecule has 0 bridgehead atoms. The third-order valence-electron chi connectivity index (χ3n) is 4.05. The molecule has 0 unspecified atom stereocenters. The average molecular weight is 435 g/mol. The molecule has 0 N–H and O–H groups in total. The molecular formula is C18H18F5N3O4. The fourth-order valence-corrected chi connectivity index (χ4v) is 2.73. The lowest BCUT2D eigenvalue weighted by Crippen LogP contribution is -2.38. The molecule has 1 aromatic carbocycles. The molecule has 0 aliphatic carbocycles. The maximum Gasteiger partial charge on any atom is 0.422 e. The Kier molecular flexibility index (Phi) is 6.75. The standard InChI is InChI=1S/C18H18F5N3O4/c19-14(20)10-29-17-24-15(25-5-7-28-8-6-25)9-16(27)26(17)12-1-3-13(4-2-12)30-11-18(21,22)23/h1-4,9,14H,5-8,10-11H2. The zero-order valence-corrected chi connectivity index (χ0v) is 15.6. The van der Waals surface area contributed by atoms with Crippen LogP contribution in [-0.2, 0) is 4.74 Å². The monoisotopic (exact) mass is 435 g/mol. The molecule has 0 spiro atoms. The summed E-state index contributed by atoms with van der Waals surface area (Å²) in [5.74, 6) is 0.186. The Morgan fingerprint density at radius 1 is 1.10 bits per heavy atom. The highest BCUT2D eigenvalue weighted by Gasteiger charge is 2.28. The smallest absolute Gasteiger partial charge is 0.422 e. The lowest BCUT2D eigenvalue weighted by Gasteiger charge is -2.28. The predicted octanol–water partition coefficient (Wildman–Crippen LogP) is 2.65. The number of hydrogen-bond acceptors (Lipinski definition) is 6. The highest BCUT2D eigenvalue weighted by Crippen LogP contribution is 2.23. The number of alkyl halides is 5. The van der Waals surface area contributed by atoms with Gasteiger partial charge >= 0.3 is 12.2 Å². The van der Waals surface area contributed by atoms with Crippen LogP contribution in [0.15, 0.2) is 35.1 Å². The van der Waals surface area contributed by atoms with E-state index in [1.165, 1.54) is 30.3 Å². The maximum absolute atomic E-state index is 12.7. The first-order chi connectivity index (χ1) is 14.2. The molecule has 1 aromatic heterocycles. The Labute approximate surface area is 167 Å². The van der Waals surface area contributed by atoms with Gasteiger partial charge in [0.05, 0.1) is 18.9 Å². The largest absolute Gasteiger partial charge is 0.484 e. The molecule has 0 atom stereocenters. The van der Waals surface area contributed by atoms with E-state index in [0.29, 0.717) is 26.3 Å². The first kappa shape index (κ1) is 21.8. The van der Waals surface area contributed by atoms with Crippen LogP contribution in [0, 0.1) is 0 Å². The summed E-state index contributed by atoms with van der Waals surface area (Å²) in [6.45, 7) is -0.655. The molecule has 1 aliphatic rings. The number of ether oxygens (including phenoxy) is 3. The van der Waals surface area contributed by atoms with Gasteiger partial charge < -0.3 is 19.1 Å². The SMILES string of the molecule is O=c1cc(N2CCOCC2)nc(OCC(F)F)n1-c1ccc(OCC(F)(F)F)cc1. The van der Waals surface area contributed by atoms with Crippen LogP contribution in [0.2, 0.25) is 0 Å². The van der Waals surface area contributed by atoms with Gasteiger partial charge in [0.25, 0.3) is 12.0 Å². The normalized spacial score (nSPS) is 14.8. The summed E-state index contributed by atoms with van der Waals surface area (Å²) in [6, 6.07) is 5.93. The number of hydrogen-bond donors (Lipinski definition) is 0. The van der Waals surface area contributed by atoms with E-state index in [1.807, 2.05) is 0 Å². The van der Waals surface area contributed by atoms with Crippen molar-refractivity contribution in [3.63, 3.8) is 0 Å². The molecule has 2 aromatic rings. The van der Waals surface area contributed by atoms with Gasteiger partial charge in [0.15, 0.2) is 13.2 Å². The molecule has 1 aliphatic heterocycles. The van der Waals surface area contributed by atoms with Crippen molar-refractivity contribution in [3.05, 3.63) is 40.7 Å². The van der Waals surface area contributed by atoms with E-state index < -0.39 is 31.4 Å². The minimum atomic E-state index is -4.49. The highest BCUT2D eigenvalue weighted by molar-refractivity contribution is 5.44. The van der Waals surface area contributed by atoms with Crippen LogP contribution in [0.5, 0.6) is 11.8 Å². The van der Waals surface area contributed by atoms with Crippen molar-refractivity contribution in [2.45, 2.75) is 12.6 Å². The average Bonchev–Trinajstić information content (AvgIpc) is 2.71. The fraction of sp³-hybridized carbons (Fsp3) is 0.444. The van der Waals surface area contributed by atoms with Gasteiger partial charge in [-0.1, -0.05) is 0 Å². The molecule has 0 amide bonds. The first-order valence-corrected chi connectivity index (χ1v) is 8.91. The minimum absolute atomic E-state index is 0.0722. The Morgan fingerprint density at radius 2 is 1.77 bits per heavy atom. The number of halogens is 5. The number of anilines is 1. The number of nitrogens with zero attached hydrogens (tertiary/aromatic N) is 3. The molecule has 12 heteroatoms. The second kappa shape index (κ2) is 9.28. The topological polar surface area (TPSA) is 65.8 Å². The van der Waals surface area contributed by atoms with Gasteiger partial charge in [0.2, 0.25) is 0 Å². The van der Waals surface area contributed by atoms with Crippen molar-refractivity contribution in [1.29, 1.82) is 0 Å². The third-order valence-corrected chi connectivity index (χ3v) is 4.05. The maximum atomic E-state index is 12.7. The van der Waals surface area contributed by atoms with Gasteiger partial charge in [-0.2, -0.15) is 18.2 Å². The van der Waals surface area contributed by atoms with Gasteiger partial charge in [0, 0.05) is 19.2 Å². The van der Waals surface area contributed by atoms with Crippen LogP contribution in [0.25, 0.3) is 5.69 Å². The van der Waals surface area contributed by atoms with Crippen LogP contribution < -0.4 is 19.9 Å². The minimum Gasteiger partial charge on any atom is -0.484 e. The van der Waals surface area contributed by atoms with Crippen molar-refractivity contribution < 1.29 is 36.2 Å². The van der Waals surface area contributed by atoms with Gasteiger partial charge in [0.1, 0.15) is 11.6 Å². The van der Waals surface area contributed by atoms with Crippen molar-refractivity contribution in [1.82, 2.24) is 9.55 Å². The number of morpholine rings is 1. The second-order valence-electron chi connectivity index (χ2n) is 6.27. The van der Waals surface area contributed by atoms with Crippen molar-refractivity contribution in [2.24, 2.45) is 0 Å². The van der Waals surface area contributed by atoms with E-state index in [1.54, 1.807) is 4.90 Å². The van der Waals surface area contributed by atoms with Crippen molar-refractivity contribution in [3.8, 4) is 17.4 Å².